The van der Waals surface area contributed by atoms with E-state index in [1.54, 1.807) is 72.4 Å². The van der Waals surface area contributed by atoms with E-state index in [4.69, 9.17) is 0 Å². The highest BCUT2D eigenvalue weighted by molar-refractivity contribution is 8.02. The molecule has 3 heterocycles. The molecule has 154 valence electrons. The van der Waals surface area contributed by atoms with Gasteiger partial charge >= 0.3 is 0 Å². The number of fused-ring (bicyclic) bond motifs is 1. The predicted molar refractivity (Wildman–Crippen MR) is 121 cm³/mol. The van der Waals surface area contributed by atoms with Crippen LogP contribution in [0.25, 0.3) is 10.9 Å². The first kappa shape index (κ1) is 19.6. The van der Waals surface area contributed by atoms with E-state index in [9.17, 15) is 13.2 Å². The lowest BCUT2D eigenvalue weighted by Crippen LogP contribution is -2.19. The summed E-state index contributed by atoms with van der Waals surface area (Å²) in [6.45, 7) is 0. The SMILES string of the molecule is O=C(C1=CSC(c2cccnc2)N1)c1cn(S(=O)(=O)c2ccccc2)c2ccccc12. The Morgan fingerprint density at radius 3 is 2.55 bits per heavy atom. The van der Waals surface area contributed by atoms with Crippen molar-refractivity contribution in [3.63, 3.8) is 0 Å². The van der Waals surface area contributed by atoms with Crippen molar-refractivity contribution in [1.82, 2.24) is 14.3 Å². The van der Waals surface area contributed by atoms with Gasteiger partial charge in [-0.15, -0.1) is 11.8 Å². The Morgan fingerprint density at radius 2 is 1.77 bits per heavy atom. The topological polar surface area (TPSA) is 81.1 Å². The van der Waals surface area contributed by atoms with Crippen LogP contribution in [0, 0.1) is 0 Å². The molecule has 0 saturated carbocycles. The van der Waals surface area contributed by atoms with E-state index in [1.165, 1.54) is 21.9 Å². The second-order valence-electron chi connectivity index (χ2n) is 6.98. The highest BCUT2D eigenvalue weighted by Gasteiger charge is 2.28. The van der Waals surface area contributed by atoms with Crippen LogP contribution in [0.15, 0.2) is 101 Å². The molecule has 1 unspecified atom stereocenters. The molecule has 5 rings (SSSR count). The van der Waals surface area contributed by atoms with Crippen molar-refractivity contribution in [3.8, 4) is 0 Å². The Kier molecular flexibility index (Phi) is 4.88. The molecule has 2 aromatic heterocycles. The molecule has 6 nitrogen and oxygen atoms in total. The second kappa shape index (κ2) is 7.72. The fraction of sp³-hybridized carbons (Fsp3) is 0.0435. The van der Waals surface area contributed by atoms with Crippen molar-refractivity contribution in [2.45, 2.75) is 10.3 Å². The first-order chi connectivity index (χ1) is 15.1. The molecule has 1 aliphatic rings. The smallest absolute Gasteiger partial charge is 0.268 e. The quantitative estimate of drug-likeness (QED) is 0.459. The molecule has 1 N–H and O–H groups in total. The average molecular weight is 448 g/mol. The summed E-state index contributed by atoms with van der Waals surface area (Å²) in [7, 11) is -3.84. The second-order valence-corrected chi connectivity index (χ2v) is 9.78. The lowest BCUT2D eigenvalue weighted by Gasteiger charge is -2.12. The van der Waals surface area contributed by atoms with Gasteiger partial charge in [0.25, 0.3) is 10.0 Å². The minimum absolute atomic E-state index is 0.117. The van der Waals surface area contributed by atoms with E-state index < -0.39 is 10.0 Å². The molecule has 0 fully saturated rings. The molecule has 0 bridgehead atoms. The number of thioether (sulfide) groups is 1. The lowest BCUT2D eigenvalue weighted by molar-refractivity contribution is 0.102. The van der Waals surface area contributed by atoms with Crippen LogP contribution in [0.1, 0.15) is 21.3 Å². The number of hydrogen-bond donors (Lipinski definition) is 1. The number of carbonyl (C=O) groups excluding carboxylic acids is 1. The van der Waals surface area contributed by atoms with Gasteiger partial charge in [-0.1, -0.05) is 42.5 Å². The summed E-state index contributed by atoms with van der Waals surface area (Å²) in [5.74, 6) is -0.253. The van der Waals surface area contributed by atoms with Gasteiger partial charge < -0.3 is 5.32 Å². The normalized spacial score (nSPS) is 16.1. The zero-order valence-electron chi connectivity index (χ0n) is 16.2. The molecule has 8 heteroatoms. The number of ketones is 1. The van der Waals surface area contributed by atoms with Crippen LogP contribution in [-0.4, -0.2) is 23.2 Å². The average Bonchev–Trinajstić information content (AvgIpc) is 3.46. The summed E-state index contributed by atoms with van der Waals surface area (Å²) < 4.78 is 27.7. The molecule has 0 spiro atoms. The number of nitrogens with one attached hydrogen (secondary N) is 1. The number of carbonyl (C=O) groups is 1. The van der Waals surface area contributed by atoms with Gasteiger partial charge in [0.1, 0.15) is 5.37 Å². The molecule has 0 amide bonds. The Morgan fingerprint density at radius 1 is 1.00 bits per heavy atom. The van der Waals surface area contributed by atoms with E-state index in [-0.39, 0.29) is 16.1 Å². The van der Waals surface area contributed by atoms with Crippen molar-refractivity contribution in [2.24, 2.45) is 0 Å². The van der Waals surface area contributed by atoms with Gasteiger partial charge in [0.05, 0.1) is 21.7 Å². The molecule has 31 heavy (non-hydrogen) atoms. The van der Waals surface area contributed by atoms with E-state index in [0.29, 0.717) is 22.2 Å². The summed E-state index contributed by atoms with van der Waals surface area (Å²) >= 11 is 1.48. The van der Waals surface area contributed by atoms with E-state index in [0.717, 1.165) is 5.56 Å². The molecule has 2 aromatic carbocycles. The van der Waals surface area contributed by atoms with Crippen LogP contribution in [0.2, 0.25) is 0 Å². The predicted octanol–water partition coefficient (Wildman–Crippen LogP) is 4.33. The molecular formula is C23H17N3O3S2. The highest BCUT2D eigenvalue weighted by atomic mass is 32.2. The molecule has 4 aromatic rings. The van der Waals surface area contributed by atoms with Crippen molar-refractivity contribution in [2.75, 3.05) is 0 Å². The van der Waals surface area contributed by atoms with Gasteiger partial charge in [-0.3, -0.25) is 9.78 Å². The fourth-order valence-corrected chi connectivity index (χ4v) is 5.87. The number of rotatable bonds is 5. The van der Waals surface area contributed by atoms with Gasteiger partial charge in [0.15, 0.2) is 0 Å². The van der Waals surface area contributed by atoms with Crippen molar-refractivity contribution in [1.29, 1.82) is 0 Å². The number of benzene rings is 2. The Bertz CT molecular complexity index is 1410. The van der Waals surface area contributed by atoms with Crippen molar-refractivity contribution < 1.29 is 13.2 Å². The Labute approximate surface area is 183 Å². The maximum absolute atomic E-state index is 13.3. The summed E-state index contributed by atoms with van der Waals surface area (Å²) in [6, 6.07) is 19.0. The molecule has 0 aliphatic carbocycles. The van der Waals surface area contributed by atoms with Gasteiger partial charge in [-0.2, -0.15) is 0 Å². The molecular weight excluding hydrogens is 430 g/mol. The maximum Gasteiger partial charge on any atom is 0.268 e. The number of hydrogen-bond acceptors (Lipinski definition) is 6. The van der Waals surface area contributed by atoms with E-state index >= 15 is 0 Å². The third-order valence-corrected chi connectivity index (χ3v) is 7.78. The summed E-state index contributed by atoms with van der Waals surface area (Å²) in [5, 5.41) is 5.47. The minimum Gasteiger partial charge on any atom is -0.366 e. The summed E-state index contributed by atoms with van der Waals surface area (Å²) in [4.78, 5) is 17.6. The van der Waals surface area contributed by atoms with Gasteiger partial charge in [-0.05, 0) is 24.3 Å². The van der Waals surface area contributed by atoms with Gasteiger partial charge in [-0.25, -0.2) is 12.4 Å². The summed E-state index contributed by atoms with van der Waals surface area (Å²) in [5.41, 5.74) is 2.19. The number of pyridine rings is 1. The van der Waals surface area contributed by atoms with E-state index in [1.807, 2.05) is 12.1 Å². The maximum atomic E-state index is 13.3. The zero-order valence-corrected chi connectivity index (χ0v) is 17.8. The van der Waals surface area contributed by atoms with E-state index in [2.05, 4.69) is 10.3 Å². The molecule has 0 radical (unpaired) electrons. The van der Waals surface area contributed by atoms with Crippen molar-refractivity contribution in [3.05, 3.63) is 108 Å². The minimum atomic E-state index is -3.84. The first-order valence-electron chi connectivity index (χ1n) is 9.53. The Balaban J connectivity index is 1.54. The van der Waals surface area contributed by atoms with Crippen LogP contribution in [-0.2, 0) is 10.0 Å². The van der Waals surface area contributed by atoms with Crippen LogP contribution in [0.3, 0.4) is 0 Å². The number of allylic oxidation sites excluding steroid dienone is 1. The standard InChI is InChI=1S/C23H17N3O3S2/c27-22(20-15-30-23(25-20)16-7-6-12-24-13-16)19-14-26(21-11-5-4-10-18(19)21)31(28,29)17-8-2-1-3-9-17/h1-15,23,25H. The van der Waals surface area contributed by atoms with Gasteiger partial charge in [0, 0.05) is 34.9 Å². The number of aromatic nitrogens is 2. The zero-order chi connectivity index (χ0) is 21.4. The lowest BCUT2D eigenvalue weighted by atomic mass is 10.1. The highest BCUT2D eigenvalue weighted by Crippen LogP contribution is 2.36. The molecule has 1 atom stereocenters. The monoisotopic (exact) mass is 447 g/mol. The van der Waals surface area contributed by atoms with Crippen LogP contribution in [0.5, 0.6) is 0 Å². The van der Waals surface area contributed by atoms with Gasteiger partial charge in [0.2, 0.25) is 5.78 Å². The van der Waals surface area contributed by atoms with Crippen LogP contribution < -0.4 is 5.32 Å². The molecule has 1 aliphatic heterocycles. The number of nitrogens with zero attached hydrogens (tertiary/aromatic N) is 2. The third-order valence-electron chi connectivity index (χ3n) is 5.06. The number of para-hydroxylation sites is 1. The van der Waals surface area contributed by atoms with Crippen LogP contribution >= 0.6 is 11.8 Å². The molecule has 0 saturated heterocycles. The number of Topliss-reactive ketones (excluding diaryl/α,β-unsaturated/α-hetero) is 1. The summed E-state index contributed by atoms with van der Waals surface area (Å²) in [6.07, 6.45) is 4.87. The van der Waals surface area contributed by atoms with Crippen LogP contribution in [0.4, 0.5) is 0 Å². The first-order valence-corrected chi connectivity index (χ1v) is 11.9. The fourth-order valence-electron chi connectivity index (χ4n) is 3.54. The third kappa shape index (κ3) is 3.43. The Hall–Kier alpha value is -3.36. The van der Waals surface area contributed by atoms with Crippen molar-refractivity contribution >= 4 is 38.5 Å². The largest absolute Gasteiger partial charge is 0.366 e.